The Kier molecular flexibility index (Phi) is 11.2. The molecule has 18 heavy (non-hydrogen) atoms. The van der Waals surface area contributed by atoms with E-state index in [0.717, 1.165) is 0 Å². The molecule has 0 bridgehead atoms. The second-order valence-electron chi connectivity index (χ2n) is 3.88. The summed E-state index contributed by atoms with van der Waals surface area (Å²) in [5.41, 5.74) is 2.66. The molecule has 0 fully saturated rings. The fourth-order valence-corrected chi connectivity index (χ4v) is 1.09. The highest BCUT2D eigenvalue weighted by Gasteiger charge is 1.83. The van der Waals surface area contributed by atoms with E-state index in [0.29, 0.717) is 26.4 Å². The van der Waals surface area contributed by atoms with Gasteiger partial charge >= 0.3 is 0 Å². The second-order valence-corrected chi connectivity index (χ2v) is 3.88. The molecule has 2 heteroatoms. The lowest BCUT2D eigenvalue weighted by Crippen LogP contribution is -2.03. The lowest BCUT2D eigenvalue weighted by molar-refractivity contribution is 0.0710. The van der Waals surface area contributed by atoms with Crippen LogP contribution in [0.4, 0.5) is 0 Å². The summed E-state index contributed by atoms with van der Waals surface area (Å²) in [6, 6.07) is 8.48. The van der Waals surface area contributed by atoms with Gasteiger partial charge in [0, 0.05) is 0 Å². The molecule has 1 rings (SSSR count). The smallest absolute Gasteiger partial charge is 0.0704 e. The molecule has 1 aromatic carbocycles. The number of ether oxygens (including phenoxy) is 2. The van der Waals surface area contributed by atoms with Gasteiger partial charge in [0.15, 0.2) is 0 Å². The zero-order valence-electron chi connectivity index (χ0n) is 11.5. The molecule has 0 saturated carbocycles. The Morgan fingerprint density at radius 2 is 1.17 bits per heavy atom. The van der Waals surface area contributed by atoms with E-state index in [1.807, 2.05) is 0 Å². The maximum absolute atomic E-state index is 5.05. The molecule has 0 unspecified atom stereocenters. The number of rotatable bonds is 7. The van der Waals surface area contributed by atoms with Crippen LogP contribution in [-0.4, -0.2) is 26.4 Å². The molecule has 0 spiro atoms. The van der Waals surface area contributed by atoms with Gasteiger partial charge in [-0.1, -0.05) is 47.5 Å². The summed E-state index contributed by atoms with van der Waals surface area (Å²) in [6.45, 7) is 13.7. The standard InChI is InChI=1S/C8H14O2.C8H10/c1-3-5-9-7-8-10-6-4-2;1-7-3-5-8(2)6-4-7/h3-4H,1-2,5-8H2;3-6H,1-2H3. The van der Waals surface area contributed by atoms with E-state index < -0.39 is 0 Å². The van der Waals surface area contributed by atoms with Crippen molar-refractivity contribution in [1.29, 1.82) is 0 Å². The van der Waals surface area contributed by atoms with Gasteiger partial charge in [0.1, 0.15) is 0 Å². The van der Waals surface area contributed by atoms with Crippen molar-refractivity contribution in [2.45, 2.75) is 13.8 Å². The topological polar surface area (TPSA) is 18.5 Å². The average Bonchev–Trinajstić information content (AvgIpc) is 2.38. The molecule has 0 aliphatic rings. The number of hydrogen-bond donors (Lipinski definition) is 0. The van der Waals surface area contributed by atoms with Gasteiger partial charge in [-0.05, 0) is 13.8 Å². The summed E-state index contributed by atoms with van der Waals surface area (Å²) in [5, 5.41) is 0. The first-order valence-electron chi connectivity index (χ1n) is 6.11. The monoisotopic (exact) mass is 248 g/mol. The first-order valence-corrected chi connectivity index (χ1v) is 6.11. The lowest BCUT2D eigenvalue weighted by atomic mass is 10.2. The number of hydrogen-bond acceptors (Lipinski definition) is 2. The molecular weight excluding hydrogens is 224 g/mol. The van der Waals surface area contributed by atoms with Crippen molar-refractivity contribution >= 4 is 0 Å². The molecule has 1 aromatic rings. The summed E-state index contributed by atoms with van der Waals surface area (Å²) in [7, 11) is 0. The molecule has 0 N–H and O–H groups in total. The number of aryl methyl sites for hydroxylation is 2. The molecule has 100 valence electrons. The van der Waals surface area contributed by atoms with Crippen molar-refractivity contribution < 1.29 is 9.47 Å². The Bertz CT molecular complexity index is 281. The zero-order chi connectivity index (χ0) is 13.6. The quantitative estimate of drug-likeness (QED) is 0.541. The normalized spacial score (nSPS) is 9.22. The molecule has 2 nitrogen and oxygen atoms in total. The molecule has 0 radical (unpaired) electrons. The SMILES string of the molecule is C=CCOCCOCC=C.Cc1ccc(C)cc1. The first-order chi connectivity index (χ1) is 8.70. The Morgan fingerprint density at radius 3 is 1.44 bits per heavy atom. The van der Waals surface area contributed by atoms with Crippen molar-refractivity contribution in [1.82, 2.24) is 0 Å². The van der Waals surface area contributed by atoms with E-state index in [-0.39, 0.29) is 0 Å². The molecule has 0 atom stereocenters. The van der Waals surface area contributed by atoms with Crippen LogP contribution in [0, 0.1) is 13.8 Å². The Labute approximate surface area is 111 Å². The van der Waals surface area contributed by atoms with Crippen molar-refractivity contribution in [3.8, 4) is 0 Å². The van der Waals surface area contributed by atoms with Crippen LogP contribution in [-0.2, 0) is 9.47 Å². The van der Waals surface area contributed by atoms with Gasteiger partial charge in [0.05, 0.1) is 26.4 Å². The largest absolute Gasteiger partial charge is 0.375 e. The highest BCUT2D eigenvalue weighted by atomic mass is 16.5. The Hall–Kier alpha value is -1.38. The van der Waals surface area contributed by atoms with Crippen molar-refractivity contribution in [3.63, 3.8) is 0 Å². The summed E-state index contributed by atoms with van der Waals surface area (Å²) in [5.74, 6) is 0. The summed E-state index contributed by atoms with van der Waals surface area (Å²) in [4.78, 5) is 0. The minimum atomic E-state index is 0.595. The molecule has 0 amide bonds. The summed E-state index contributed by atoms with van der Waals surface area (Å²) >= 11 is 0. The van der Waals surface area contributed by atoms with Crippen LogP contribution in [0.25, 0.3) is 0 Å². The van der Waals surface area contributed by atoms with Crippen LogP contribution in [0.5, 0.6) is 0 Å². The molecule has 0 aliphatic heterocycles. The van der Waals surface area contributed by atoms with Gasteiger partial charge in [-0.15, -0.1) is 13.2 Å². The highest BCUT2D eigenvalue weighted by Crippen LogP contribution is 1.99. The maximum Gasteiger partial charge on any atom is 0.0704 e. The van der Waals surface area contributed by atoms with E-state index in [1.165, 1.54) is 11.1 Å². The fourth-order valence-electron chi connectivity index (χ4n) is 1.09. The van der Waals surface area contributed by atoms with Gasteiger partial charge in [-0.2, -0.15) is 0 Å². The first kappa shape index (κ1) is 16.6. The predicted molar refractivity (Wildman–Crippen MR) is 77.9 cm³/mol. The summed E-state index contributed by atoms with van der Waals surface area (Å²) < 4.78 is 10.1. The van der Waals surface area contributed by atoms with Crippen LogP contribution in [0.3, 0.4) is 0 Å². The zero-order valence-corrected chi connectivity index (χ0v) is 11.5. The molecule has 0 aliphatic carbocycles. The number of benzene rings is 1. The predicted octanol–water partition coefficient (Wildman–Crippen LogP) is 3.70. The third-order valence-electron chi connectivity index (χ3n) is 2.06. The highest BCUT2D eigenvalue weighted by molar-refractivity contribution is 5.19. The van der Waals surface area contributed by atoms with Crippen molar-refractivity contribution in [2.75, 3.05) is 26.4 Å². The maximum atomic E-state index is 5.05. The molecular formula is C16H24O2. The van der Waals surface area contributed by atoms with Gasteiger partial charge in [-0.3, -0.25) is 0 Å². The van der Waals surface area contributed by atoms with Crippen LogP contribution in [0.2, 0.25) is 0 Å². The van der Waals surface area contributed by atoms with Crippen molar-refractivity contribution in [3.05, 3.63) is 60.7 Å². The minimum absolute atomic E-state index is 0.595. The molecule has 0 heterocycles. The second kappa shape index (κ2) is 12.1. The van der Waals surface area contributed by atoms with Crippen LogP contribution in [0.1, 0.15) is 11.1 Å². The van der Waals surface area contributed by atoms with Crippen LogP contribution >= 0.6 is 0 Å². The molecule has 0 aromatic heterocycles. The van der Waals surface area contributed by atoms with E-state index in [2.05, 4.69) is 51.3 Å². The summed E-state index contributed by atoms with van der Waals surface area (Å²) in [6.07, 6.45) is 3.43. The van der Waals surface area contributed by atoms with Crippen LogP contribution < -0.4 is 0 Å². The van der Waals surface area contributed by atoms with Gasteiger partial charge in [-0.25, -0.2) is 0 Å². The molecule has 0 saturated heterocycles. The lowest BCUT2D eigenvalue weighted by Gasteiger charge is -2.00. The van der Waals surface area contributed by atoms with E-state index in [9.17, 15) is 0 Å². The third-order valence-corrected chi connectivity index (χ3v) is 2.06. The third kappa shape index (κ3) is 11.1. The Morgan fingerprint density at radius 1 is 0.833 bits per heavy atom. The fraction of sp³-hybridized carbons (Fsp3) is 0.375. The Balaban J connectivity index is 0.000000327. The van der Waals surface area contributed by atoms with E-state index in [4.69, 9.17) is 9.47 Å². The van der Waals surface area contributed by atoms with E-state index in [1.54, 1.807) is 12.2 Å². The van der Waals surface area contributed by atoms with Gasteiger partial charge in [0.25, 0.3) is 0 Å². The average molecular weight is 248 g/mol. The minimum Gasteiger partial charge on any atom is -0.375 e. The van der Waals surface area contributed by atoms with Crippen LogP contribution in [0.15, 0.2) is 49.6 Å². The van der Waals surface area contributed by atoms with Gasteiger partial charge in [0.2, 0.25) is 0 Å². The van der Waals surface area contributed by atoms with Crippen molar-refractivity contribution in [2.24, 2.45) is 0 Å². The van der Waals surface area contributed by atoms with Gasteiger partial charge < -0.3 is 9.47 Å². The van der Waals surface area contributed by atoms with E-state index >= 15 is 0 Å².